The predicted molar refractivity (Wildman–Crippen MR) is 83.4 cm³/mol. The van der Waals surface area contributed by atoms with Gasteiger partial charge in [0.1, 0.15) is 0 Å². The molecule has 1 saturated heterocycles. The number of thiophene rings is 1. The van der Waals surface area contributed by atoms with E-state index in [1.54, 1.807) is 7.11 Å². The monoisotopic (exact) mass is 307 g/mol. The van der Waals surface area contributed by atoms with Crippen LogP contribution in [0.25, 0.3) is 0 Å². The highest BCUT2D eigenvalue weighted by molar-refractivity contribution is 7.10. The minimum absolute atomic E-state index is 0.0700. The van der Waals surface area contributed by atoms with Crippen molar-refractivity contribution in [2.24, 2.45) is 5.92 Å². The van der Waals surface area contributed by atoms with Gasteiger partial charge in [-0.15, -0.1) is 11.3 Å². The van der Waals surface area contributed by atoms with E-state index in [1.807, 2.05) is 16.3 Å². The Morgan fingerprint density at radius 1 is 1.52 bits per heavy atom. The number of carbonyl (C=O) groups is 1. The highest BCUT2D eigenvalue weighted by atomic mass is 32.1. The zero-order valence-electron chi connectivity index (χ0n) is 12.3. The molecule has 1 N–H and O–H groups in total. The average molecular weight is 307 g/mol. The molecule has 5 heteroatoms. The van der Waals surface area contributed by atoms with Gasteiger partial charge in [0.15, 0.2) is 0 Å². The van der Waals surface area contributed by atoms with E-state index in [0.717, 1.165) is 43.0 Å². The molecule has 0 aromatic carbocycles. The van der Waals surface area contributed by atoms with Gasteiger partial charge < -0.3 is 14.7 Å². The molecular weight excluding hydrogens is 286 g/mol. The third-order valence-corrected chi connectivity index (χ3v) is 4.44. The summed E-state index contributed by atoms with van der Waals surface area (Å²) >= 11 is 1.48. The lowest BCUT2D eigenvalue weighted by Crippen LogP contribution is -2.39. The lowest BCUT2D eigenvalue weighted by molar-refractivity contribution is 0.0614. The first-order valence-electron chi connectivity index (χ1n) is 7.21. The molecule has 4 nitrogen and oxygen atoms in total. The van der Waals surface area contributed by atoms with Gasteiger partial charge in [-0.1, -0.05) is 11.8 Å². The van der Waals surface area contributed by atoms with E-state index in [9.17, 15) is 4.79 Å². The van der Waals surface area contributed by atoms with Crippen LogP contribution in [0.4, 0.5) is 0 Å². The van der Waals surface area contributed by atoms with Crippen molar-refractivity contribution < 1.29 is 14.6 Å². The Hall–Kier alpha value is -1.35. The zero-order chi connectivity index (χ0) is 15.1. The largest absolute Gasteiger partial charge is 0.395 e. The summed E-state index contributed by atoms with van der Waals surface area (Å²) in [6, 6.07) is 1.85. The first-order valence-corrected chi connectivity index (χ1v) is 8.09. The number of hydrogen-bond acceptors (Lipinski definition) is 4. The zero-order valence-corrected chi connectivity index (χ0v) is 13.1. The summed E-state index contributed by atoms with van der Waals surface area (Å²) in [4.78, 5) is 15.2. The topological polar surface area (TPSA) is 49.8 Å². The van der Waals surface area contributed by atoms with Gasteiger partial charge >= 0.3 is 0 Å². The van der Waals surface area contributed by atoms with E-state index < -0.39 is 0 Å². The lowest BCUT2D eigenvalue weighted by Gasteiger charge is -2.31. The van der Waals surface area contributed by atoms with E-state index in [2.05, 4.69) is 11.8 Å². The molecule has 1 aliphatic rings. The normalized spacial score (nSPS) is 15.6. The summed E-state index contributed by atoms with van der Waals surface area (Å²) < 4.78 is 5.18. The number of likely N-dealkylation sites (tertiary alicyclic amines) is 1. The van der Waals surface area contributed by atoms with Gasteiger partial charge in [-0.3, -0.25) is 4.79 Å². The molecule has 0 atom stereocenters. The summed E-state index contributed by atoms with van der Waals surface area (Å²) in [5, 5.41) is 10.6. The Balaban J connectivity index is 1.91. The van der Waals surface area contributed by atoms with Crippen LogP contribution in [-0.4, -0.2) is 49.3 Å². The fourth-order valence-corrected chi connectivity index (χ4v) is 3.19. The average Bonchev–Trinajstić information content (AvgIpc) is 2.97. The number of nitrogens with zero attached hydrogens (tertiary/aromatic N) is 1. The van der Waals surface area contributed by atoms with Crippen molar-refractivity contribution in [3.05, 3.63) is 21.9 Å². The first-order chi connectivity index (χ1) is 10.2. The molecule has 0 unspecified atom stereocenters. The minimum Gasteiger partial charge on any atom is -0.395 e. The number of piperidine rings is 1. The van der Waals surface area contributed by atoms with Crippen LogP contribution in [-0.2, 0) is 4.74 Å². The molecule has 2 rings (SSSR count). The maximum atomic E-state index is 12.4. The van der Waals surface area contributed by atoms with Crippen molar-refractivity contribution in [3.8, 4) is 11.8 Å². The van der Waals surface area contributed by atoms with Crippen LogP contribution in [0.2, 0.25) is 0 Å². The standard InChI is InChI=1S/C16H21NO3S/c1-20-11-13-5-7-17(8-6-13)16(19)14-10-15(21-12-14)4-2-3-9-18/h10,12-13,18H,3,5-9,11H2,1H3. The molecule has 0 bridgehead atoms. The Morgan fingerprint density at radius 3 is 2.95 bits per heavy atom. The van der Waals surface area contributed by atoms with Crippen molar-refractivity contribution >= 4 is 17.2 Å². The molecule has 0 spiro atoms. The van der Waals surface area contributed by atoms with Crippen molar-refractivity contribution in [3.63, 3.8) is 0 Å². The van der Waals surface area contributed by atoms with Crippen LogP contribution >= 0.6 is 11.3 Å². The van der Waals surface area contributed by atoms with Crippen LogP contribution < -0.4 is 0 Å². The second-order valence-electron chi connectivity index (χ2n) is 5.17. The summed E-state index contributed by atoms with van der Waals surface area (Å²) in [7, 11) is 1.72. The van der Waals surface area contributed by atoms with E-state index in [0.29, 0.717) is 12.3 Å². The van der Waals surface area contributed by atoms with Gasteiger partial charge in [0, 0.05) is 38.6 Å². The maximum Gasteiger partial charge on any atom is 0.254 e. The molecule has 1 aromatic heterocycles. The van der Waals surface area contributed by atoms with Crippen LogP contribution in [0.15, 0.2) is 11.4 Å². The molecule has 2 heterocycles. The summed E-state index contributed by atoms with van der Waals surface area (Å²) in [5.41, 5.74) is 0.721. The van der Waals surface area contributed by atoms with E-state index in [1.165, 1.54) is 11.3 Å². The molecule has 1 aliphatic heterocycles. The van der Waals surface area contributed by atoms with E-state index >= 15 is 0 Å². The highest BCUT2D eigenvalue weighted by Crippen LogP contribution is 2.21. The van der Waals surface area contributed by atoms with Crippen molar-refractivity contribution in [1.29, 1.82) is 0 Å². The Bertz CT molecular complexity index is 521. The van der Waals surface area contributed by atoms with Crippen molar-refractivity contribution in [2.75, 3.05) is 33.4 Å². The van der Waals surface area contributed by atoms with Gasteiger partial charge in [-0.25, -0.2) is 0 Å². The summed E-state index contributed by atoms with van der Waals surface area (Å²) in [6.07, 6.45) is 2.48. The Labute approximate surface area is 129 Å². The lowest BCUT2D eigenvalue weighted by atomic mass is 9.97. The number of amides is 1. The van der Waals surface area contributed by atoms with Gasteiger partial charge in [0.05, 0.1) is 17.0 Å². The minimum atomic E-state index is 0.0700. The number of hydrogen-bond donors (Lipinski definition) is 1. The SMILES string of the molecule is COCC1CCN(C(=O)c2csc(C#CCCO)c2)CC1. The van der Waals surface area contributed by atoms with Crippen LogP contribution in [0.5, 0.6) is 0 Å². The first kappa shape index (κ1) is 16.0. The number of carbonyl (C=O) groups excluding carboxylic acids is 1. The fourth-order valence-electron chi connectivity index (χ4n) is 2.44. The molecule has 1 aromatic rings. The smallest absolute Gasteiger partial charge is 0.254 e. The van der Waals surface area contributed by atoms with Crippen molar-refractivity contribution in [1.82, 2.24) is 4.90 Å². The van der Waals surface area contributed by atoms with Crippen LogP contribution in [0.1, 0.15) is 34.5 Å². The molecule has 1 amide bonds. The van der Waals surface area contributed by atoms with E-state index in [4.69, 9.17) is 9.84 Å². The van der Waals surface area contributed by atoms with E-state index in [-0.39, 0.29) is 12.5 Å². The van der Waals surface area contributed by atoms with Gasteiger partial charge in [-0.2, -0.15) is 0 Å². The number of aliphatic hydroxyl groups excluding tert-OH is 1. The predicted octanol–water partition coefficient (Wildman–Crippen LogP) is 1.98. The van der Waals surface area contributed by atoms with Crippen molar-refractivity contribution in [2.45, 2.75) is 19.3 Å². The summed E-state index contributed by atoms with van der Waals surface area (Å²) in [6.45, 7) is 2.45. The molecule has 0 aliphatic carbocycles. The third-order valence-electron chi connectivity index (χ3n) is 3.60. The third kappa shape index (κ3) is 4.57. The van der Waals surface area contributed by atoms with Gasteiger partial charge in [-0.05, 0) is 24.8 Å². The molecule has 0 saturated carbocycles. The Morgan fingerprint density at radius 2 is 2.29 bits per heavy atom. The second kappa shape index (κ2) is 8.18. The summed E-state index contributed by atoms with van der Waals surface area (Å²) in [5.74, 6) is 6.51. The molecule has 0 radical (unpaired) electrons. The maximum absolute atomic E-state index is 12.4. The molecule has 21 heavy (non-hydrogen) atoms. The number of ether oxygens (including phenoxy) is 1. The second-order valence-corrected chi connectivity index (χ2v) is 6.08. The van der Waals surface area contributed by atoms with Crippen LogP contribution in [0, 0.1) is 17.8 Å². The highest BCUT2D eigenvalue weighted by Gasteiger charge is 2.24. The van der Waals surface area contributed by atoms with Gasteiger partial charge in [0.25, 0.3) is 5.91 Å². The Kier molecular flexibility index (Phi) is 6.24. The molecule has 1 fully saturated rings. The molecular formula is C16H21NO3S. The number of aliphatic hydroxyl groups is 1. The quantitative estimate of drug-likeness (QED) is 0.865. The van der Waals surface area contributed by atoms with Crippen LogP contribution in [0.3, 0.4) is 0 Å². The molecule has 114 valence electrons. The van der Waals surface area contributed by atoms with Gasteiger partial charge in [0.2, 0.25) is 0 Å². The number of methoxy groups -OCH3 is 1. The fraction of sp³-hybridized carbons (Fsp3) is 0.562. The number of rotatable bonds is 4.